The van der Waals surface area contributed by atoms with Crippen LogP contribution in [0.1, 0.15) is 51.8 Å². The highest BCUT2D eigenvalue weighted by molar-refractivity contribution is 6.05. The zero-order chi connectivity index (χ0) is 17.3. The fourth-order valence-electron chi connectivity index (χ4n) is 3.12. The molecule has 0 aliphatic carbocycles. The van der Waals surface area contributed by atoms with Gasteiger partial charge in [0.15, 0.2) is 0 Å². The summed E-state index contributed by atoms with van der Waals surface area (Å²) >= 11 is 0. The molecule has 3 heterocycles. The number of nitrogens with one attached hydrogen (secondary N) is 3. The van der Waals surface area contributed by atoms with Crippen LogP contribution in [0.15, 0.2) is 15.3 Å². The first-order valence-corrected chi connectivity index (χ1v) is 8.15. The van der Waals surface area contributed by atoms with Crippen molar-refractivity contribution < 1.29 is 9.21 Å². The summed E-state index contributed by atoms with van der Waals surface area (Å²) in [5.41, 5.74) is 2.12. The molecule has 26 heavy (non-hydrogen) atoms. The molecule has 9 heteroatoms. The van der Waals surface area contributed by atoms with E-state index >= 15 is 0 Å². The summed E-state index contributed by atoms with van der Waals surface area (Å²) in [6.45, 7) is 7.19. The Kier molecular flexibility index (Phi) is 7.87. The van der Waals surface area contributed by atoms with E-state index in [4.69, 9.17) is 4.42 Å². The third-order valence-corrected chi connectivity index (χ3v) is 4.50. The van der Waals surface area contributed by atoms with Gasteiger partial charge in [0.25, 0.3) is 5.91 Å². The number of nitrogens with zero attached hydrogens (tertiary/aromatic N) is 1. The normalized spacial score (nSPS) is 14.3. The standard InChI is InChI=1S/C17H22N4O3.2ClH/c1-9-8-13(12-4-6-18-7-5-12)24-17(23)14(9)16(22)19-15-10(2)20-21-11(15)3;;/h8,12,18H,4-7H2,1-3H3,(H,19,22)(H,20,21);2*1H. The quantitative estimate of drug-likeness (QED) is 0.732. The molecule has 0 atom stereocenters. The van der Waals surface area contributed by atoms with E-state index in [0.717, 1.165) is 31.6 Å². The van der Waals surface area contributed by atoms with Gasteiger partial charge in [0.1, 0.15) is 11.3 Å². The van der Waals surface area contributed by atoms with Gasteiger partial charge in [-0.25, -0.2) is 4.79 Å². The summed E-state index contributed by atoms with van der Waals surface area (Å²) < 4.78 is 5.46. The number of carbonyl (C=O) groups is 1. The van der Waals surface area contributed by atoms with Crippen LogP contribution in [0.4, 0.5) is 5.69 Å². The fourth-order valence-corrected chi connectivity index (χ4v) is 3.12. The van der Waals surface area contributed by atoms with Crippen molar-refractivity contribution in [1.29, 1.82) is 0 Å². The Balaban J connectivity index is 0.00000169. The molecule has 1 fully saturated rings. The summed E-state index contributed by atoms with van der Waals surface area (Å²) in [6, 6.07) is 1.82. The lowest BCUT2D eigenvalue weighted by molar-refractivity contribution is 0.102. The number of halogens is 2. The minimum atomic E-state index is -0.583. The lowest BCUT2D eigenvalue weighted by Gasteiger charge is -2.21. The molecular formula is C17H24Cl2N4O3. The molecule has 2 aromatic rings. The maximum atomic E-state index is 12.5. The Labute approximate surface area is 164 Å². The van der Waals surface area contributed by atoms with Gasteiger partial charge < -0.3 is 15.1 Å². The van der Waals surface area contributed by atoms with Crippen molar-refractivity contribution in [3.05, 3.63) is 44.8 Å². The van der Waals surface area contributed by atoms with Crippen molar-refractivity contribution in [3.63, 3.8) is 0 Å². The molecule has 2 aromatic heterocycles. The first-order chi connectivity index (χ1) is 11.5. The number of amides is 1. The zero-order valence-corrected chi connectivity index (χ0v) is 16.6. The summed E-state index contributed by atoms with van der Waals surface area (Å²) in [5, 5.41) is 12.9. The molecule has 1 saturated heterocycles. The minimum Gasteiger partial charge on any atom is -0.427 e. The second-order valence-corrected chi connectivity index (χ2v) is 6.28. The monoisotopic (exact) mass is 402 g/mol. The van der Waals surface area contributed by atoms with Crippen molar-refractivity contribution in [2.75, 3.05) is 18.4 Å². The number of hydrogen-bond donors (Lipinski definition) is 3. The average molecular weight is 403 g/mol. The molecule has 0 aromatic carbocycles. The third-order valence-electron chi connectivity index (χ3n) is 4.50. The number of carbonyl (C=O) groups excluding carboxylic acids is 1. The van der Waals surface area contributed by atoms with Crippen molar-refractivity contribution in [2.24, 2.45) is 0 Å². The molecule has 0 saturated carbocycles. The Morgan fingerprint density at radius 2 is 1.88 bits per heavy atom. The number of hydrogen-bond acceptors (Lipinski definition) is 5. The Morgan fingerprint density at radius 3 is 2.42 bits per heavy atom. The van der Waals surface area contributed by atoms with Crippen LogP contribution < -0.4 is 16.3 Å². The van der Waals surface area contributed by atoms with Crippen molar-refractivity contribution in [2.45, 2.75) is 39.5 Å². The molecule has 1 amide bonds. The van der Waals surface area contributed by atoms with Crippen molar-refractivity contribution >= 4 is 36.4 Å². The lowest BCUT2D eigenvalue weighted by Crippen LogP contribution is -2.28. The van der Waals surface area contributed by atoms with Crippen molar-refractivity contribution in [3.8, 4) is 0 Å². The van der Waals surface area contributed by atoms with Crippen LogP contribution in [0.3, 0.4) is 0 Å². The second-order valence-electron chi connectivity index (χ2n) is 6.28. The molecule has 1 aliphatic heterocycles. The second kappa shape index (κ2) is 9.21. The predicted molar refractivity (Wildman–Crippen MR) is 105 cm³/mol. The Bertz CT molecular complexity index is 806. The van der Waals surface area contributed by atoms with Crippen molar-refractivity contribution in [1.82, 2.24) is 15.5 Å². The molecule has 3 rings (SSSR count). The molecule has 7 nitrogen and oxygen atoms in total. The number of aromatic amines is 1. The fraction of sp³-hybridized carbons (Fsp3) is 0.471. The molecule has 1 aliphatic rings. The molecule has 3 N–H and O–H groups in total. The van der Waals surface area contributed by atoms with Crippen LogP contribution in [0.25, 0.3) is 0 Å². The van der Waals surface area contributed by atoms with Gasteiger partial charge in [-0.2, -0.15) is 5.10 Å². The first-order valence-electron chi connectivity index (χ1n) is 8.15. The molecule has 0 unspecified atom stereocenters. The third kappa shape index (κ3) is 4.47. The van der Waals surface area contributed by atoms with Gasteiger partial charge in [-0.3, -0.25) is 9.89 Å². The number of H-pyrrole nitrogens is 1. The molecule has 0 radical (unpaired) electrons. The van der Waals surface area contributed by atoms with E-state index in [2.05, 4.69) is 20.8 Å². The van der Waals surface area contributed by atoms with Crippen LogP contribution in [0.5, 0.6) is 0 Å². The van der Waals surface area contributed by atoms with Crippen LogP contribution in [-0.2, 0) is 0 Å². The highest BCUT2D eigenvalue weighted by atomic mass is 35.5. The summed E-state index contributed by atoms with van der Waals surface area (Å²) in [7, 11) is 0. The van der Waals surface area contributed by atoms with Gasteiger partial charge in [-0.1, -0.05) is 0 Å². The highest BCUT2D eigenvalue weighted by Crippen LogP contribution is 2.26. The van der Waals surface area contributed by atoms with Gasteiger partial charge in [-0.15, -0.1) is 24.8 Å². The predicted octanol–water partition coefficient (Wildman–Crippen LogP) is 2.85. The van der Waals surface area contributed by atoms with Crippen LogP contribution >= 0.6 is 24.8 Å². The van der Waals surface area contributed by atoms with Gasteiger partial charge >= 0.3 is 5.63 Å². The van der Waals surface area contributed by atoms with Gasteiger partial charge in [0.2, 0.25) is 0 Å². The van der Waals surface area contributed by atoms with E-state index in [1.807, 2.05) is 13.0 Å². The number of anilines is 1. The molecule has 0 bridgehead atoms. The van der Waals surface area contributed by atoms with Gasteiger partial charge in [0.05, 0.1) is 17.1 Å². The molecule has 0 spiro atoms. The summed E-state index contributed by atoms with van der Waals surface area (Å²) in [4.78, 5) is 24.9. The Hall–Kier alpha value is -1.83. The molecule has 144 valence electrons. The largest absolute Gasteiger partial charge is 0.427 e. The van der Waals surface area contributed by atoms with E-state index in [1.165, 1.54) is 0 Å². The maximum Gasteiger partial charge on any atom is 0.349 e. The van der Waals surface area contributed by atoms with Crippen LogP contribution in [-0.4, -0.2) is 29.2 Å². The van der Waals surface area contributed by atoms with E-state index in [-0.39, 0.29) is 36.3 Å². The number of piperidine rings is 1. The van der Waals surface area contributed by atoms with E-state index in [9.17, 15) is 9.59 Å². The van der Waals surface area contributed by atoms with Gasteiger partial charge in [-0.05, 0) is 58.3 Å². The zero-order valence-electron chi connectivity index (χ0n) is 15.0. The average Bonchev–Trinajstić information content (AvgIpc) is 2.87. The van der Waals surface area contributed by atoms with E-state index in [0.29, 0.717) is 22.7 Å². The molecular weight excluding hydrogens is 379 g/mol. The number of aryl methyl sites for hydroxylation is 3. The highest BCUT2D eigenvalue weighted by Gasteiger charge is 2.23. The topological polar surface area (TPSA) is 100 Å². The first kappa shape index (κ1) is 22.2. The maximum absolute atomic E-state index is 12.5. The van der Waals surface area contributed by atoms with Crippen LogP contribution in [0, 0.1) is 20.8 Å². The lowest BCUT2D eigenvalue weighted by atomic mass is 9.94. The van der Waals surface area contributed by atoms with E-state index < -0.39 is 11.5 Å². The number of rotatable bonds is 3. The summed E-state index contributed by atoms with van der Waals surface area (Å²) in [6.07, 6.45) is 1.86. The van der Waals surface area contributed by atoms with Crippen LogP contribution in [0.2, 0.25) is 0 Å². The number of aromatic nitrogens is 2. The smallest absolute Gasteiger partial charge is 0.349 e. The summed E-state index contributed by atoms with van der Waals surface area (Å²) in [5.74, 6) is 0.435. The Morgan fingerprint density at radius 1 is 1.23 bits per heavy atom. The minimum absolute atomic E-state index is 0. The SMILES string of the molecule is Cc1cc(C2CCNCC2)oc(=O)c1C(=O)Nc1c(C)n[nH]c1C.Cl.Cl. The van der Waals surface area contributed by atoms with Gasteiger partial charge in [0, 0.05) is 5.92 Å². The van der Waals surface area contributed by atoms with E-state index in [1.54, 1.807) is 13.8 Å².